The number of fused-ring (bicyclic) bond motifs is 1. The molecule has 0 bridgehead atoms. The summed E-state index contributed by atoms with van der Waals surface area (Å²) in [5.41, 5.74) is 1.99. The molecule has 0 amide bonds. The maximum atomic E-state index is 9.32. The van der Waals surface area contributed by atoms with Crippen molar-refractivity contribution >= 4 is 11.6 Å². The number of aromatic nitrogens is 4. The Morgan fingerprint density at radius 1 is 1.29 bits per heavy atom. The molecule has 0 aliphatic heterocycles. The number of anilines is 1. The lowest BCUT2D eigenvalue weighted by Crippen LogP contribution is -2.15. The van der Waals surface area contributed by atoms with E-state index >= 15 is 0 Å². The number of nitrogens with one attached hydrogen (secondary N) is 1. The van der Waals surface area contributed by atoms with Crippen molar-refractivity contribution < 1.29 is 5.11 Å². The molecule has 108 valence electrons. The molecule has 0 unspecified atom stereocenters. The fraction of sp³-hybridized carbons (Fsp3) is 0.267. The number of hydrogen-bond acceptors (Lipinski definition) is 5. The second-order valence-corrected chi connectivity index (χ2v) is 4.87. The molecule has 0 radical (unpaired) electrons. The highest BCUT2D eigenvalue weighted by Crippen LogP contribution is 2.22. The minimum atomic E-state index is 0.00500. The smallest absolute Gasteiger partial charge is 0.254 e. The third-order valence-corrected chi connectivity index (χ3v) is 3.32. The van der Waals surface area contributed by atoms with Gasteiger partial charge in [-0.05, 0) is 18.9 Å². The maximum Gasteiger partial charge on any atom is 0.254 e. The molecule has 0 spiro atoms. The average Bonchev–Trinajstić information content (AvgIpc) is 2.96. The Labute approximate surface area is 122 Å². The van der Waals surface area contributed by atoms with E-state index in [1.807, 2.05) is 43.3 Å². The van der Waals surface area contributed by atoms with E-state index in [1.165, 1.54) is 6.33 Å². The van der Waals surface area contributed by atoms with Gasteiger partial charge < -0.3 is 10.4 Å². The maximum absolute atomic E-state index is 9.32. The number of aliphatic hydroxyl groups is 1. The quantitative estimate of drug-likeness (QED) is 0.748. The van der Waals surface area contributed by atoms with Crippen LogP contribution >= 0.6 is 0 Å². The molecule has 2 aromatic heterocycles. The molecule has 1 atom stereocenters. The first-order valence-electron chi connectivity index (χ1n) is 6.87. The minimum absolute atomic E-state index is 0.00500. The number of hydrogen-bond donors (Lipinski definition) is 2. The van der Waals surface area contributed by atoms with Gasteiger partial charge in [0.1, 0.15) is 12.1 Å². The van der Waals surface area contributed by atoms with Crippen LogP contribution in [-0.4, -0.2) is 31.3 Å². The van der Waals surface area contributed by atoms with Crippen LogP contribution in [0.15, 0.2) is 42.7 Å². The lowest BCUT2D eigenvalue weighted by atomic mass is 10.0. The van der Waals surface area contributed by atoms with Crippen molar-refractivity contribution in [1.29, 1.82) is 0 Å². The summed E-state index contributed by atoms with van der Waals surface area (Å²) in [5.74, 6) is 1.38. The van der Waals surface area contributed by atoms with Gasteiger partial charge in [-0.3, -0.25) is 0 Å². The Morgan fingerprint density at radius 3 is 2.86 bits per heavy atom. The normalized spacial score (nSPS) is 12.5. The standard InChI is InChI=1S/C15H17N5O/c1-11-9-14(20-15(18-11)16-10-17-20)19-13(7-8-21)12-5-3-2-4-6-12/h2-6,9-10,13,19,21H,7-8H2,1H3/t13-/m0/s1. The molecule has 3 aromatic rings. The first-order chi connectivity index (χ1) is 10.3. The number of aliphatic hydroxyl groups excluding tert-OH is 1. The van der Waals surface area contributed by atoms with E-state index < -0.39 is 0 Å². The molecule has 6 nitrogen and oxygen atoms in total. The SMILES string of the molecule is Cc1cc(N[C@@H](CCO)c2ccccc2)n2ncnc2n1. The predicted octanol–water partition coefficient (Wildman–Crippen LogP) is 1.97. The Hall–Kier alpha value is -2.47. The van der Waals surface area contributed by atoms with Gasteiger partial charge in [-0.2, -0.15) is 14.6 Å². The van der Waals surface area contributed by atoms with Crippen molar-refractivity contribution in [2.75, 3.05) is 11.9 Å². The van der Waals surface area contributed by atoms with Crippen LogP contribution in [0.5, 0.6) is 0 Å². The summed E-state index contributed by atoms with van der Waals surface area (Å²) in [7, 11) is 0. The molecule has 0 aliphatic carbocycles. The number of benzene rings is 1. The highest BCUT2D eigenvalue weighted by atomic mass is 16.3. The first-order valence-corrected chi connectivity index (χ1v) is 6.87. The van der Waals surface area contributed by atoms with Gasteiger partial charge in [-0.25, -0.2) is 4.98 Å². The molecule has 3 rings (SSSR count). The van der Waals surface area contributed by atoms with E-state index in [4.69, 9.17) is 0 Å². The summed E-state index contributed by atoms with van der Waals surface area (Å²) in [5, 5.41) is 16.9. The van der Waals surface area contributed by atoms with Gasteiger partial charge in [0.2, 0.25) is 0 Å². The molecular formula is C15H17N5O. The van der Waals surface area contributed by atoms with E-state index in [9.17, 15) is 5.11 Å². The van der Waals surface area contributed by atoms with Gasteiger partial charge in [0.15, 0.2) is 0 Å². The van der Waals surface area contributed by atoms with Crippen LogP contribution in [0.4, 0.5) is 5.82 Å². The zero-order valence-corrected chi connectivity index (χ0v) is 11.8. The predicted molar refractivity (Wildman–Crippen MR) is 80.0 cm³/mol. The van der Waals surface area contributed by atoms with Crippen molar-refractivity contribution in [1.82, 2.24) is 19.6 Å². The van der Waals surface area contributed by atoms with Crippen molar-refractivity contribution in [3.05, 3.63) is 54.0 Å². The summed E-state index contributed by atoms with van der Waals surface area (Å²) in [6, 6.07) is 12.0. The molecule has 0 saturated heterocycles. The Balaban J connectivity index is 1.96. The highest BCUT2D eigenvalue weighted by Gasteiger charge is 2.13. The molecule has 21 heavy (non-hydrogen) atoms. The van der Waals surface area contributed by atoms with E-state index in [0.717, 1.165) is 17.1 Å². The third kappa shape index (κ3) is 2.85. The third-order valence-electron chi connectivity index (χ3n) is 3.32. The Morgan fingerprint density at radius 2 is 2.10 bits per heavy atom. The number of aryl methyl sites for hydroxylation is 1. The molecule has 2 N–H and O–H groups in total. The van der Waals surface area contributed by atoms with Gasteiger partial charge in [0.25, 0.3) is 5.78 Å². The van der Waals surface area contributed by atoms with Gasteiger partial charge in [0.05, 0.1) is 6.04 Å². The van der Waals surface area contributed by atoms with E-state index in [2.05, 4.69) is 20.4 Å². The fourth-order valence-electron chi connectivity index (χ4n) is 2.35. The monoisotopic (exact) mass is 283 g/mol. The van der Waals surface area contributed by atoms with Crippen LogP contribution < -0.4 is 5.32 Å². The van der Waals surface area contributed by atoms with Gasteiger partial charge in [-0.1, -0.05) is 30.3 Å². The van der Waals surface area contributed by atoms with Crippen LogP contribution in [-0.2, 0) is 0 Å². The second kappa shape index (κ2) is 5.88. The Kier molecular flexibility index (Phi) is 3.79. The fourth-order valence-corrected chi connectivity index (χ4v) is 2.35. The van der Waals surface area contributed by atoms with E-state index in [0.29, 0.717) is 12.2 Å². The molecule has 2 heterocycles. The van der Waals surface area contributed by atoms with Crippen LogP contribution in [0.2, 0.25) is 0 Å². The minimum Gasteiger partial charge on any atom is -0.396 e. The largest absolute Gasteiger partial charge is 0.396 e. The summed E-state index contributed by atoms with van der Waals surface area (Å²) in [6.07, 6.45) is 2.10. The topological polar surface area (TPSA) is 75.3 Å². The molecular weight excluding hydrogens is 266 g/mol. The van der Waals surface area contributed by atoms with Crippen molar-refractivity contribution in [2.45, 2.75) is 19.4 Å². The molecule has 0 aliphatic rings. The van der Waals surface area contributed by atoms with E-state index in [1.54, 1.807) is 4.52 Å². The summed E-state index contributed by atoms with van der Waals surface area (Å²) < 4.78 is 1.67. The van der Waals surface area contributed by atoms with Gasteiger partial charge in [-0.15, -0.1) is 0 Å². The van der Waals surface area contributed by atoms with Crippen molar-refractivity contribution in [2.24, 2.45) is 0 Å². The van der Waals surface area contributed by atoms with E-state index in [-0.39, 0.29) is 12.6 Å². The van der Waals surface area contributed by atoms with Crippen LogP contribution in [0.25, 0.3) is 5.78 Å². The second-order valence-electron chi connectivity index (χ2n) is 4.87. The summed E-state index contributed by atoms with van der Waals surface area (Å²) >= 11 is 0. The zero-order chi connectivity index (χ0) is 14.7. The van der Waals surface area contributed by atoms with Crippen molar-refractivity contribution in [3.63, 3.8) is 0 Å². The van der Waals surface area contributed by atoms with Crippen LogP contribution in [0.3, 0.4) is 0 Å². The summed E-state index contributed by atoms with van der Waals surface area (Å²) in [4.78, 5) is 8.44. The average molecular weight is 283 g/mol. The number of nitrogens with zero attached hydrogens (tertiary/aromatic N) is 4. The lowest BCUT2D eigenvalue weighted by Gasteiger charge is -2.20. The van der Waals surface area contributed by atoms with Gasteiger partial charge >= 0.3 is 0 Å². The first kappa shape index (κ1) is 13.5. The molecule has 6 heteroatoms. The van der Waals surface area contributed by atoms with Crippen LogP contribution in [0.1, 0.15) is 23.7 Å². The highest BCUT2D eigenvalue weighted by molar-refractivity contribution is 5.46. The van der Waals surface area contributed by atoms with Gasteiger partial charge in [0, 0.05) is 18.4 Å². The molecule has 0 fully saturated rings. The summed E-state index contributed by atoms with van der Waals surface area (Å²) in [6.45, 7) is 2.03. The number of rotatable bonds is 5. The lowest BCUT2D eigenvalue weighted by molar-refractivity contribution is 0.280. The van der Waals surface area contributed by atoms with Crippen molar-refractivity contribution in [3.8, 4) is 0 Å². The Bertz CT molecular complexity index is 725. The van der Waals surface area contributed by atoms with Crippen LogP contribution in [0, 0.1) is 6.92 Å². The molecule has 0 saturated carbocycles. The molecule has 1 aromatic carbocycles. The zero-order valence-electron chi connectivity index (χ0n) is 11.8.